The van der Waals surface area contributed by atoms with Crippen molar-refractivity contribution in [2.24, 2.45) is 5.92 Å². The van der Waals surface area contributed by atoms with Gasteiger partial charge in [-0.1, -0.05) is 0 Å². The second kappa shape index (κ2) is 8.37. The summed E-state index contributed by atoms with van der Waals surface area (Å²) in [5.41, 5.74) is 1.04. The van der Waals surface area contributed by atoms with E-state index in [-0.39, 0.29) is 18.2 Å². The molecule has 2 aromatic heterocycles. The van der Waals surface area contributed by atoms with Gasteiger partial charge in [0.25, 0.3) is 5.91 Å². The third-order valence-electron chi connectivity index (χ3n) is 5.70. The lowest BCUT2D eigenvalue weighted by Gasteiger charge is -2.25. The van der Waals surface area contributed by atoms with Gasteiger partial charge in [0.1, 0.15) is 5.69 Å². The molecule has 30 heavy (non-hydrogen) atoms. The van der Waals surface area contributed by atoms with Crippen LogP contribution in [0.2, 0.25) is 0 Å². The van der Waals surface area contributed by atoms with E-state index in [2.05, 4.69) is 15.3 Å². The molecule has 1 aromatic carbocycles. The van der Waals surface area contributed by atoms with Crippen molar-refractivity contribution >= 4 is 33.1 Å². The first-order valence-corrected chi connectivity index (χ1v) is 11.0. The number of aliphatic hydroxyl groups is 2. The quantitative estimate of drug-likeness (QED) is 0.572. The number of benzene rings is 1. The molecule has 0 aliphatic heterocycles. The van der Waals surface area contributed by atoms with Gasteiger partial charge in [0, 0.05) is 36.2 Å². The van der Waals surface area contributed by atoms with Crippen molar-refractivity contribution in [2.45, 2.75) is 51.0 Å². The third kappa shape index (κ3) is 4.35. The number of rotatable bonds is 5. The fraction of sp³-hybridized carbons (Fsp3) is 0.455. The molecule has 8 heteroatoms. The molecular formula is C22H26N4O3S. The molecule has 1 aliphatic rings. The number of aromatic nitrogens is 3. The number of thiazole rings is 1. The van der Waals surface area contributed by atoms with Crippen molar-refractivity contribution in [3.05, 3.63) is 47.0 Å². The SMILES string of the molecule is CC(C)(O)c1cc2nc([C@H]3CC[C@H](CO)CC3)sc2cc1NC(=O)c1cnccn1. The molecule has 1 fully saturated rings. The van der Waals surface area contributed by atoms with Crippen LogP contribution in [0.1, 0.15) is 66.5 Å². The molecule has 1 amide bonds. The predicted molar refractivity (Wildman–Crippen MR) is 117 cm³/mol. The second-order valence-corrected chi connectivity index (χ2v) is 9.48. The number of fused-ring (bicyclic) bond motifs is 1. The average molecular weight is 427 g/mol. The van der Waals surface area contributed by atoms with Crippen LogP contribution < -0.4 is 5.32 Å². The first-order valence-electron chi connectivity index (χ1n) is 10.2. The van der Waals surface area contributed by atoms with Crippen molar-refractivity contribution < 1.29 is 15.0 Å². The first kappa shape index (κ1) is 20.8. The van der Waals surface area contributed by atoms with Crippen molar-refractivity contribution in [1.82, 2.24) is 15.0 Å². The maximum absolute atomic E-state index is 12.6. The fourth-order valence-corrected chi connectivity index (χ4v) is 5.13. The van der Waals surface area contributed by atoms with Crippen LogP contribution in [0.25, 0.3) is 10.2 Å². The van der Waals surface area contributed by atoms with Crippen molar-refractivity contribution in [3.63, 3.8) is 0 Å². The standard InChI is InChI=1S/C22H26N4O3S/c1-22(2,29)15-9-17-19(10-16(15)25-20(28)18-11-23-7-8-24-18)30-21(26-17)14-5-3-13(12-27)4-6-14/h7-11,13-14,27,29H,3-6,12H2,1-2H3,(H,25,28)/t13-,14-. The van der Waals surface area contributed by atoms with Crippen molar-refractivity contribution in [2.75, 3.05) is 11.9 Å². The van der Waals surface area contributed by atoms with Gasteiger partial charge in [-0.25, -0.2) is 9.97 Å². The summed E-state index contributed by atoms with van der Waals surface area (Å²) >= 11 is 1.63. The molecule has 0 unspecified atom stereocenters. The van der Waals surface area contributed by atoms with E-state index in [4.69, 9.17) is 4.98 Å². The van der Waals surface area contributed by atoms with Gasteiger partial charge in [-0.05, 0) is 57.6 Å². The van der Waals surface area contributed by atoms with Gasteiger partial charge in [-0.3, -0.25) is 9.78 Å². The molecule has 0 atom stereocenters. The maximum atomic E-state index is 12.6. The van der Waals surface area contributed by atoms with Gasteiger partial charge in [0.15, 0.2) is 0 Å². The number of hydrogen-bond donors (Lipinski definition) is 3. The smallest absolute Gasteiger partial charge is 0.275 e. The van der Waals surface area contributed by atoms with E-state index < -0.39 is 5.60 Å². The molecule has 4 rings (SSSR count). The topological polar surface area (TPSA) is 108 Å². The Kier molecular flexibility index (Phi) is 5.81. The number of carbonyl (C=O) groups is 1. The lowest BCUT2D eigenvalue weighted by molar-refractivity contribution is 0.0794. The highest BCUT2D eigenvalue weighted by atomic mass is 32.1. The summed E-state index contributed by atoms with van der Waals surface area (Å²) in [6.45, 7) is 3.64. The predicted octanol–water partition coefficient (Wildman–Crippen LogP) is 3.83. The van der Waals surface area contributed by atoms with E-state index >= 15 is 0 Å². The highest BCUT2D eigenvalue weighted by molar-refractivity contribution is 7.18. The molecular weight excluding hydrogens is 400 g/mol. The highest BCUT2D eigenvalue weighted by Gasteiger charge is 2.27. The Morgan fingerprint density at radius 2 is 2.00 bits per heavy atom. The molecule has 1 aliphatic carbocycles. The molecule has 3 N–H and O–H groups in total. The van der Waals surface area contributed by atoms with Gasteiger partial charge in [-0.2, -0.15) is 0 Å². The van der Waals surface area contributed by atoms with E-state index in [0.717, 1.165) is 40.9 Å². The summed E-state index contributed by atoms with van der Waals surface area (Å²) in [6, 6.07) is 3.75. The van der Waals surface area contributed by atoms with E-state index in [1.807, 2.05) is 12.1 Å². The number of aliphatic hydroxyl groups excluding tert-OH is 1. The lowest BCUT2D eigenvalue weighted by Crippen LogP contribution is -2.21. The minimum absolute atomic E-state index is 0.213. The Bertz CT molecular complexity index is 1040. The summed E-state index contributed by atoms with van der Waals surface area (Å²) < 4.78 is 0.969. The summed E-state index contributed by atoms with van der Waals surface area (Å²) in [5.74, 6) is 0.425. The zero-order valence-corrected chi connectivity index (χ0v) is 17.9. The van der Waals surface area contributed by atoms with E-state index in [9.17, 15) is 15.0 Å². The molecule has 0 spiro atoms. The molecule has 3 aromatic rings. The third-order valence-corrected chi connectivity index (χ3v) is 6.88. The number of nitrogens with zero attached hydrogens (tertiary/aromatic N) is 3. The Morgan fingerprint density at radius 3 is 2.63 bits per heavy atom. The van der Waals surface area contributed by atoms with Crippen LogP contribution in [0.4, 0.5) is 5.69 Å². The zero-order valence-electron chi connectivity index (χ0n) is 17.1. The van der Waals surface area contributed by atoms with Crippen LogP contribution in [-0.4, -0.2) is 37.7 Å². The number of nitrogens with one attached hydrogen (secondary N) is 1. The molecule has 158 valence electrons. The Balaban J connectivity index is 1.66. The largest absolute Gasteiger partial charge is 0.396 e. The van der Waals surface area contributed by atoms with Gasteiger partial charge < -0.3 is 15.5 Å². The van der Waals surface area contributed by atoms with Crippen LogP contribution in [0.3, 0.4) is 0 Å². The Labute approximate surface area is 179 Å². The van der Waals surface area contributed by atoms with E-state index in [1.54, 1.807) is 25.2 Å². The zero-order chi connectivity index (χ0) is 21.3. The van der Waals surface area contributed by atoms with E-state index in [0.29, 0.717) is 23.1 Å². The minimum Gasteiger partial charge on any atom is -0.396 e. The highest BCUT2D eigenvalue weighted by Crippen LogP contribution is 2.41. The average Bonchev–Trinajstić information content (AvgIpc) is 3.16. The van der Waals surface area contributed by atoms with Gasteiger partial charge in [-0.15, -0.1) is 11.3 Å². The van der Waals surface area contributed by atoms with Gasteiger partial charge >= 0.3 is 0 Å². The van der Waals surface area contributed by atoms with Gasteiger partial charge in [0.05, 0.1) is 27.0 Å². The van der Waals surface area contributed by atoms with Crippen molar-refractivity contribution in [3.8, 4) is 0 Å². The molecule has 7 nitrogen and oxygen atoms in total. The minimum atomic E-state index is -1.15. The Morgan fingerprint density at radius 1 is 1.23 bits per heavy atom. The summed E-state index contributed by atoms with van der Waals surface area (Å²) in [4.78, 5) is 25.4. The Hall–Kier alpha value is -2.42. The number of carbonyl (C=O) groups excluding carboxylic acids is 1. The molecule has 0 bridgehead atoms. The number of anilines is 1. The molecule has 0 radical (unpaired) electrons. The van der Waals surface area contributed by atoms with E-state index in [1.165, 1.54) is 18.6 Å². The molecule has 0 saturated heterocycles. The van der Waals surface area contributed by atoms with Crippen molar-refractivity contribution in [1.29, 1.82) is 0 Å². The normalized spacial score (nSPS) is 19.7. The fourth-order valence-electron chi connectivity index (χ4n) is 3.97. The van der Waals surface area contributed by atoms with Crippen LogP contribution in [0.15, 0.2) is 30.7 Å². The van der Waals surface area contributed by atoms with Crippen LogP contribution in [0.5, 0.6) is 0 Å². The lowest BCUT2D eigenvalue weighted by atomic mass is 9.83. The van der Waals surface area contributed by atoms with Crippen LogP contribution in [0, 0.1) is 5.92 Å². The second-order valence-electron chi connectivity index (χ2n) is 8.42. The summed E-state index contributed by atoms with van der Waals surface area (Å²) in [6.07, 6.45) is 8.48. The molecule has 2 heterocycles. The summed E-state index contributed by atoms with van der Waals surface area (Å²) in [5, 5.41) is 24.0. The van der Waals surface area contributed by atoms with Crippen LogP contribution in [-0.2, 0) is 5.60 Å². The molecule has 1 saturated carbocycles. The first-order chi connectivity index (χ1) is 14.3. The number of amides is 1. The van der Waals surface area contributed by atoms with Crippen LogP contribution >= 0.6 is 11.3 Å². The summed E-state index contributed by atoms with van der Waals surface area (Å²) in [7, 11) is 0. The van der Waals surface area contributed by atoms with Gasteiger partial charge in [0.2, 0.25) is 0 Å². The monoisotopic (exact) mass is 426 g/mol. The maximum Gasteiger partial charge on any atom is 0.275 e. The number of hydrogen-bond acceptors (Lipinski definition) is 7.